The molecule has 0 saturated heterocycles. The molecule has 0 bridgehead atoms. The zero-order valence-electron chi connectivity index (χ0n) is 38.6. The molecule has 4 N–H and O–H groups in total. The first-order valence-corrected chi connectivity index (χ1v) is 27.6. The first-order chi connectivity index (χ1) is 31.5. The normalized spacial score (nSPS) is 16.4. The van der Waals surface area contributed by atoms with E-state index in [0.29, 0.717) is 56.9 Å². The van der Waals surface area contributed by atoms with Gasteiger partial charge in [0.1, 0.15) is 18.0 Å². The first kappa shape index (κ1) is 51.5. The van der Waals surface area contributed by atoms with Crippen LogP contribution >= 0.6 is 0 Å². The van der Waals surface area contributed by atoms with Gasteiger partial charge in [0.25, 0.3) is 30.4 Å². The molecule has 0 atom stereocenters. The van der Waals surface area contributed by atoms with Crippen LogP contribution in [0.1, 0.15) is 103 Å². The SMILES string of the molecule is CC1(C)C(/C=C/C=C2/N(CCCCS(=O)(=O)O)c3ccc4ccc(OCCCCCC(=O)O)cc4c3C2(C)C)=[N+](CCCCS(=O)(=O)O)c2ccc3ccc(OCCCCS(=O)(=O)O)cc3c21. The van der Waals surface area contributed by atoms with Crippen molar-refractivity contribution >= 4 is 75.0 Å². The maximum absolute atomic E-state index is 11.7. The van der Waals surface area contributed by atoms with Gasteiger partial charge in [0.05, 0.1) is 35.9 Å². The van der Waals surface area contributed by atoms with E-state index in [1.54, 1.807) is 0 Å². The standard InChI is InChI=1S/C49H62N2O13S3/c1-48(2)43(50(26-7-11-30-65(54,55)56)41-24-20-35-18-22-37(33-39(35)46(41)48)63-28-9-5-6-17-45(52)53)15-14-16-44-49(3,4)47-40-34-38(64-29-10-13-32-67(60,61)62)23-19-36(40)21-25-42(47)51(44)27-8-12-31-66(57,58)59/h14-16,18-25,33-34H,5-13,17,26-32H2,1-4H3,(H3-,52,53,54,55,56,57,58,59,60,61,62)/p+1. The topological polar surface area (TPSA) is 225 Å². The van der Waals surface area contributed by atoms with Crippen molar-refractivity contribution in [2.45, 2.75) is 103 Å². The lowest BCUT2D eigenvalue weighted by molar-refractivity contribution is -0.438. The van der Waals surface area contributed by atoms with Gasteiger partial charge in [-0.05, 0) is 135 Å². The van der Waals surface area contributed by atoms with Crippen molar-refractivity contribution in [1.82, 2.24) is 0 Å². The highest BCUT2D eigenvalue weighted by Gasteiger charge is 2.46. The van der Waals surface area contributed by atoms with E-state index in [-0.39, 0.29) is 49.5 Å². The molecule has 0 radical (unpaired) electrons. The predicted molar refractivity (Wildman–Crippen MR) is 262 cm³/mol. The number of fused-ring (bicyclic) bond motifs is 6. The van der Waals surface area contributed by atoms with Crippen molar-refractivity contribution in [2.75, 3.05) is 48.5 Å². The summed E-state index contributed by atoms with van der Waals surface area (Å²) in [5.41, 5.74) is 4.84. The third-order valence-electron chi connectivity index (χ3n) is 12.6. The summed E-state index contributed by atoms with van der Waals surface area (Å²) >= 11 is 0. The zero-order valence-corrected chi connectivity index (χ0v) is 41.1. The fraction of sp³-hybridized carbons (Fsp3) is 0.469. The lowest BCUT2D eigenvalue weighted by Gasteiger charge is -2.27. The Morgan fingerprint density at radius 1 is 0.642 bits per heavy atom. The number of nitrogens with zero attached hydrogens (tertiary/aromatic N) is 2. The molecular weight excluding hydrogens is 921 g/mol. The molecule has 4 aromatic carbocycles. The number of rotatable bonds is 25. The van der Waals surface area contributed by atoms with Crippen LogP contribution in [-0.2, 0) is 46.0 Å². The average Bonchev–Trinajstić information content (AvgIpc) is 3.59. The maximum Gasteiger partial charge on any atom is 0.303 e. The number of carboxylic acid groups (broad SMARTS) is 1. The number of carbonyl (C=O) groups is 1. The number of unbranched alkanes of at least 4 members (excludes halogenated alkanes) is 5. The summed E-state index contributed by atoms with van der Waals surface area (Å²) in [4.78, 5) is 13.1. The van der Waals surface area contributed by atoms with Gasteiger partial charge < -0.3 is 19.5 Å². The van der Waals surface area contributed by atoms with E-state index < -0.39 is 47.2 Å². The summed E-state index contributed by atoms with van der Waals surface area (Å²) < 4.78 is 112. The molecule has 0 spiro atoms. The van der Waals surface area contributed by atoms with E-state index in [2.05, 4.69) is 67.5 Å². The number of carboxylic acids is 1. The highest BCUT2D eigenvalue weighted by Crippen LogP contribution is 2.52. The molecule has 0 aromatic heterocycles. The van der Waals surface area contributed by atoms with Crippen LogP contribution in [0.4, 0.5) is 11.4 Å². The zero-order chi connectivity index (χ0) is 48.8. The molecule has 364 valence electrons. The van der Waals surface area contributed by atoms with Crippen molar-refractivity contribution in [3.63, 3.8) is 0 Å². The van der Waals surface area contributed by atoms with E-state index in [9.17, 15) is 39.2 Å². The molecule has 18 heteroatoms. The highest BCUT2D eigenvalue weighted by atomic mass is 32.2. The molecule has 0 aliphatic carbocycles. The van der Waals surface area contributed by atoms with Gasteiger partial charge in [-0.25, -0.2) is 0 Å². The van der Waals surface area contributed by atoms with Crippen molar-refractivity contribution < 1.29 is 62.9 Å². The number of hydrogen-bond donors (Lipinski definition) is 4. The molecule has 2 aliphatic heterocycles. The summed E-state index contributed by atoms with van der Waals surface area (Å²) in [5, 5.41) is 12.9. The largest absolute Gasteiger partial charge is 0.494 e. The van der Waals surface area contributed by atoms with Gasteiger partial charge in [0.15, 0.2) is 5.71 Å². The van der Waals surface area contributed by atoms with E-state index >= 15 is 0 Å². The molecule has 0 unspecified atom stereocenters. The Kier molecular flexibility index (Phi) is 16.3. The minimum Gasteiger partial charge on any atom is -0.494 e. The number of allylic oxidation sites excluding steroid dienone is 4. The Balaban J connectivity index is 1.36. The number of benzene rings is 4. The van der Waals surface area contributed by atoms with Gasteiger partial charge in [0, 0.05) is 53.9 Å². The summed E-state index contributed by atoms with van der Waals surface area (Å²) in [6.07, 6.45) is 10.5. The second kappa shape index (κ2) is 21.2. The second-order valence-corrected chi connectivity index (χ2v) is 23.1. The predicted octanol–water partition coefficient (Wildman–Crippen LogP) is 9.01. The molecule has 0 fully saturated rings. The van der Waals surface area contributed by atoms with E-state index in [1.807, 2.05) is 48.5 Å². The number of anilines is 1. The first-order valence-electron chi connectivity index (χ1n) is 22.7. The Bertz CT molecular complexity index is 2920. The van der Waals surface area contributed by atoms with Crippen LogP contribution in [-0.4, -0.2) is 104 Å². The minimum atomic E-state index is -4.15. The van der Waals surface area contributed by atoms with Gasteiger partial charge in [-0.1, -0.05) is 38.1 Å². The van der Waals surface area contributed by atoms with Crippen molar-refractivity contribution in [2.24, 2.45) is 0 Å². The maximum atomic E-state index is 11.7. The average molecular weight is 984 g/mol. The van der Waals surface area contributed by atoms with E-state index in [4.69, 9.17) is 19.1 Å². The summed E-state index contributed by atoms with van der Waals surface area (Å²) in [6.45, 7) is 10.2. The Labute approximate surface area is 394 Å². The van der Waals surface area contributed by atoms with Crippen LogP contribution in [0.2, 0.25) is 0 Å². The monoisotopic (exact) mass is 983 g/mol. The Hall–Kier alpha value is -4.85. The fourth-order valence-corrected chi connectivity index (χ4v) is 11.2. The summed E-state index contributed by atoms with van der Waals surface area (Å²) in [7, 11) is -12.3. The van der Waals surface area contributed by atoms with Crippen molar-refractivity contribution in [3.05, 3.63) is 95.7 Å². The van der Waals surface area contributed by atoms with E-state index in [0.717, 1.165) is 68.3 Å². The summed E-state index contributed by atoms with van der Waals surface area (Å²) in [5.74, 6) is -0.554. The molecule has 67 heavy (non-hydrogen) atoms. The molecular formula is C49H63N2O13S3+. The Morgan fingerprint density at radius 3 is 1.75 bits per heavy atom. The van der Waals surface area contributed by atoms with E-state index in [1.165, 1.54) is 0 Å². The molecule has 15 nitrogen and oxygen atoms in total. The third-order valence-corrected chi connectivity index (χ3v) is 15.0. The van der Waals surface area contributed by atoms with Crippen LogP contribution in [0.5, 0.6) is 11.5 Å². The molecule has 2 aliphatic rings. The van der Waals surface area contributed by atoms with Crippen LogP contribution in [0, 0.1) is 0 Å². The molecule has 2 heterocycles. The highest BCUT2D eigenvalue weighted by molar-refractivity contribution is 7.86. The number of hydrogen-bond acceptors (Lipinski definition) is 10. The Morgan fingerprint density at radius 2 is 1.16 bits per heavy atom. The van der Waals surface area contributed by atoms with Gasteiger partial charge in [-0.2, -0.15) is 29.8 Å². The number of aliphatic carboxylic acids is 1. The molecule has 6 rings (SSSR count). The van der Waals surface area contributed by atoms with Gasteiger partial charge in [-0.3, -0.25) is 18.5 Å². The van der Waals surface area contributed by atoms with Gasteiger partial charge >= 0.3 is 5.97 Å². The van der Waals surface area contributed by atoms with Crippen LogP contribution in [0.3, 0.4) is 0 Å². The van der Waals surface area contributed by atoms with Crippen molar-refractivity contribution in [1.29, 1.82) is 0 Å². The molecule has 4 aromatic rings. The lowest BCUT2D eigenvalue weighted by atomic mass is 9.78. The fourth-order valence-electron chi connectivity index (χ4n) is 9.45. The molecule has 0 saturated carbocycles. The van der Waals surface area contributed by atoms with Crippen LogP contribution in [0.15, 0.2) is 84.6 Å². The van der Waals surface area contributed by atoms with Crippen LogP contribution in [0.25, 0.3) is 21.5 Å². The van der Waals surface area contributed by atoms with Crippen molar-refractivity contribution in [3.8, 4) is 11.5 Å². The smallest absolute Gasteiger partial charge is 0.303 e. The quantitative estimate of drug-likeness (QED) is 0.0276. The van der Waals surface area contributed by atoms with Gasteiger partial charge in [-0.15, -0.1) is 0 Å². The second-order valence-electron chi connectivity index (χ2n) is 18.4. The molecule has 0 amide bonds. The van der Waals surface area contributed by atoms with Gasteiger partial charge in [0.2, 0.25) is 5.69 Å². The van der Waals surface area contributed by atoms with Crippen LogP contribution < -0.4 is 14.4 Å². The third kappa shape index (κ3) is 13.2. The lowest BCUT2D eigenvalue weighted by Crippen LogP contribution is -2.28. The summed E-state index contributed by atoms with van der Waals surface area (Å²) in [6, 6.07) is 20.0. The minimum absolute atomic E-state index is 0.125. The number of ether oxygens (including phenoxy) is 2.